The Balaban J connectivity index is 3.06. The smallest absolute Gasteiger partial charge is 0.397 e. The van der Waals surface area contributed by atoms with E-state index < -0.39 is 18.6 Å². The second kappa shape index (κ2) is 6.30. The lowest BCUT2D eigenvalue weighted by molar-refractivity contribution is -0.141. The molecule has 0 unspecified atom stereocenters. The minimum atomic E-state index is -4.48. The molecule has 1 amide bonds. The molecule has 0 aromatic carbocycles. The van der Waals surface area contributed by atoms with E-state index in [0.29, 0.717) is 4.90 Å². The summed E-state index contributed by atoms with van der Waals surface area (Å²) in [6.45, 7) is 2.08. The highest BCUT2D eigenvalue weighted by Crippen LogP contribution is 2.22. The number of alkyl halides is 3. The van der Waals surface area contributed by atoms with E-state index in [-0.39, 0.29) is 28.9 Å². The zero-order chi connectivity index (χ0) is 15.5. The maximum Gasteiger partial charge on any atom is 0.406 e. The zero-order valence-corrected chi connectivity index (χ0v) is 11.8. The lowest BCUT2D eigenvalue weighted by Crippen LogP contribution is -2.41. The number of amides is 1. The summed E-state index contributed by atoms with van der Waals surface area (Å²) in [7, 11) is 0. The number of carbonyl (C=O) groups is 1. The first-order valence-electron chi connectivity index (χ1n) is 5.87. The monoisotopic (exact) mass is 309 g/mol. The Morgan fingerprint density at radius 2 is 2.10 bits per heavy atom. The topological polar surface area (TPSA) is 59.2 Å². The highest BCUT2D eigenvalue weighted by atomic mass is 35.5. The van der Waals surface area contributed by atoms with Crippen LogP contribution in [-0.2, 0) is 0 Å². The van der Waals surface area contributed by atoms with Gasteiger partial charge in [-0.15, -0.1) is 0 Å². The Hall–Kier alpha value is -1.50. The fraction of sp³-hybridized carbons (Fsp3) is 0.500. The minimum Gasteiger partial charge on any atom is -0.397 e. The number of pyridine rings is 1. The molecule has 8 heteroatoms. The van der Waals surface area contributed by atoms with Crippen molar-refractivity contribution in [2.45, 2.75) is 20.0 Å². The lowest BCUT2D eigenvalue weighted by Gasteiger charge is -2.26. The summed E-state index contributed by atoms with van der Waals surface area (Å²) in [4.78, 5) is 16.6. The third-order valence-corrected chi connectivity index (χ3v) is 2.58. The summed E-state index contributed by atoms with van der Waals surface area (Å²) < 4.78 is 37.6. The van der Waals surface area contributed by atoms with Gasteiger partial charge in [0.1, 0.15) is 11.7 Å². The van der Waals surface area contributed by atoms with Crippen LogP contribution in [0.25, 0.3) is 0 Å². The van der Waals surface area contributed by atoms with Gasteiger partial charge in [0.15, 0.2) is 0 Å². The van der Waals surface area contributed by atoms with Crippen molar-refractivity contribution in [3.63, 3.8) is 0 Å². The van der Waals surface area contributed by atoms with Gasteiger partial charge in [0.25, 0.3) is 5.91 Å². The van der Waals surface area contributed by atoms with Gasteiger partial charge in [0.05, 0.1) is 17.4 Å². The SMILES string of the molecule is CC(C)CN(CC(F)(F)F)C(=O)c1cc(Cl)ncc1N. The molecule has 112 valence electrons. The second-order valence-electron chi connectivity index (χ2n) is 4.79. The normalized spacial score (nSPS) is 11.8. The molecular formula is C12H15ClF3N3O. The Morgan fingerprint density at radius 3 is 2.60 bits per heavy atom. The van der Waals surface area contributed by atoms with Gasteiger partial charge in [-0.3, -0.25) is 4.79 Å². The fourth-order valence-corrected chi connectivity index (χ4v) is 1.83. The molecule has 0 fully saturated rings. The first-order chi connectivity index (χ1) is 9.10. The van der Waals surface area contributed by atoms with Crippen LogP contribution in [0.5, 0.6) is 0 Å². The van der Waals surface area contributed by atoms with Gasteiger partial charge in [-0.2, -0.15) is 13.2 Å². The summed E-state index contributed by atoms with van der Waals surface area (Å²) in [6.07, 6.45) is -3.33. The average Bonchev–Trinajstić information content (AvgIpc) is 2.28. The predicted octanol–water partition coefficient (Wildman–Crippen LogP) is 2.98. The minimum absolute atomic E-state index is 0.000874. The van der Waals surface area contributed by atoms with E-state index in [1.807, 2.05) is 0 Å². The number of nitrogen functional groups attached to an aromatic ring is 1. The second-order valence-corrected chi connectivity index (χ2v) is 5.18. The van der Waals surface area contributed by atoms with Gasteiger partial charge < -0.3 is 10.6 Å². The number of hydrogen-bond acceptors (Lipinski definition) is 3. The Morgan fingerprint density at radius 1 is 1.50 bits per heavy atom. The van der Waals surface area contributed by atoms with Crippen molar-refractivity contribution in [1.29, 1.82) is 0 Å². The van der Waals surface area contributed by atoms with Gasteiger partial charge in [0, 0.05) is 6.54 Å². The number of carbonyl (C=O) groups excluding carboxylic acids is 1. The fourth-order valence-electron chi connectivity index (χ4n) is 1.67. The quantitative estimate of drug-likeness (QED) is 0.870. The van der Waals surface area contributed by atoms with Crippen LogP contribution in [0.2, 0.25) is 5.15 Å². The lowest BCUT2D eigenvalue weighted by atomic mass is 10.1. The zero-order valence-electron chi connectivity index (χ0n) is 11.0. The van der Waals surface area contributed by atoms with Crippen LogP contribution in [0.4, 0.5) is 18.9 Å². The third kappa shape index (κ3) is 4.88. The Bertz CT molecular complexity index is 491. The molecular weight excluding hydrogens is 295 g/mol. The molecule has 20 heavy (non-hydrogen) atoms. The van der Waals surface area contributed by atoms with Gasteiger partial charge >= 0.3 is 6.18 Å². The first kappa shape index (κ1) is 16.6. The van der Waals surface area contributed by atoms with E-state index in [1.165, 1.54) is 6.07 Å². The van der Waals surface area contributed by atoms with E-state index in [1.54, 1.807) is 13.8 Å². The number of nitrogens with two attached hydrogens (primary N) is 1. The van der Waals surface area contributed by atoms with Crippen molar-refractivity contribution in [3.05, 3.63) is 23.0 Å². The van der Waals surface area contributed by atoms with Gasteiger partial charge in [0.2, 0.25) is 0 Å². The highest BCUT2D eigenvalue weighted by molar-refractivity contribution is 6.29. The Kier molecular flexibility index (Phi) is 5.21. The van der Waals surface area contributed by atoms with Crippen LogP contribution in [0, 0.1) is 5.92 Å². The molecule has 0 saturated carbocycles. The number of aromatic nitrogens is 1. The van der Waals surface area contributed by atoms with E-state index in [9.17, 15) is 18.0 Å². The van der Waals surface area contributed by atoms with Crippen LogP contribution in [0.1, 0.15) is 24.2 Å². The van der Waals surface area contributed by atoms with E-state index in [0.717, 1.165) is 6.20 Å². The van der Waals surface area contributed by atoms with Crippen molar-refractivity contribution in [3.8, 4) is 0 Å². The maximum absolute atomic E-state index is 12.5. The van der Waals surface area contributed by atoms with Crippen molar-refractivity contribution >= 4 is 23.2 Å². The molecule has 0 radical (unpaired) electrons. The largest absolute Gasteiger partial charge is 0.406 e. The molecule has 0 aliphatic heterocycles. The molecule has 1 aromatic heterocycles. The summed E-state index contributed by atoms with van der Waals surface area (Å²) in [5.74, 6) is -0.919. The van der Waals surface area contributed by atoms with Crippen LogP contribution >= 0.6 is 11.6 Å². The number of nitrogens with zero attached hydrogens (tertiary/aromatic N) is 2. The van der Waals surface area contributed by atoms with Gasteiger partial charge in [-0.25, -0.2) is 4.98 Å². The molecule has 0 aliphatic carbocycles. The van der Waals surface area contributed by atoms with Crippen LogP contribution in [0.15, 0.2) is 12.3 Å². The van der Waals surface area contributed by atoms with Crippen molar-refractivity contribution in [1.82, 2.24) is 9.88 Å². The third-order valence-electron chi connectivity index (χ3n) is 2.37. The molecule has 1 aromatic rings. The molecule has 0 spiro atoms. The van der Waals surface area contributed by atoms with E-state index in [4.69, 9.17) is 17.3 Å². The van der Waals surface area contributed by atoms with Crippen LogP contribution in [-0.4, -0.2) is 35.1 Å². The number of hydrogen-bond donors (Lipinski definition) is 1. The molecule has 2 N–H and O–H groups in total. The number of anilines is 1. The standard InChI is InChI=1S/C12H15ClF3N3O/c1-7(2)5-19(6-12(14,15)16)11(20)8-3-10(13)18-4-9(8)17/h3-4,7H,5-6,17H2,1-2H3. The molecule has 1 rings (SSSR count). The van der Waals surface area contributed by atoms with Crippen LogP contribution in [0.3, 0.4) is 0 Å². The number of halogens is 4. The number of rotatable bonds is 4. The molecule has 1 heterocycles. The predicted molar refractivity (Wildman–Crippen MR) is 70.5 cm³/mol. The van der Waals surface area contributed by atoms with Gasteiger partial charge in [-0.1, -0.05) is 25.4 Å². The summed E-state index contributed by atoms with van der Waals surface area (Å²) >= 11 is 5.64. The average molecular weight is 310 g/mol. The summed E-state index contributed by atoms with van der Waals surface area (Å²) in [6, 6.07) is 1.17. The molecule has 4 nitrogen and oxygen atoms in total. The molecule has 0 atom stereocenters. The maximum atomic E-state index is 12.5. The molecule has 0 aliphatic rings. The van der Waals surface area contributed by atoms with E-state index in [2.05, 4.69) is 4.98 Å². The van der Waals surface area contributed by atoms with Crippen molar-refractivity contribution < 1.29 is 18.0 Å². The first-order valence-corrected chi connectivity index (χ1v) is 6.25. The van der Waals surface area contributed by atoms with Crippen LogP contribution < -0.4 is 5.73 Å². The Labute approximate surface area is 119 Å². The van der Waals surface area contributed by atoms with E-state index >= 15 is 0 Å². The van der Waals surface area contributed by atoms with Crippen molar-refractivity contribution in [2.24, 2.45) is 5.92 Å². The van der Waals surface area contributed by atoms with Gasteiger partial charge in [-0.05, 0) is 12.0 Å². The van der Waals surface area contributed by atoms with Crippen molar-refractivity contribution in [2.75, 3.05) is 18.8 Å². The molecule has 0 saturated heterocycles. The summed E-state index contributed by atoms with van der Waals surface area (Å²) in [5.41, 5.74) is 5.49. The molecule has 0 bridgehead atoms. The highest BCUT2D eigenvalue weighted by Gasteiger charge is 2.34. The summed E-state index contributed by atoms with van der Waals surface area (Å²) in [5, 5.41) is -0.000874.